The van der Waals surface area contributed by atoms with Crippen LogP contribution in [0.4, 0.5) is 0 Å². The van der Waals surface area contributed by atoms with E-state index >= 15 is 0 Å². The van der Waals surface area contributed by atoms with E-state index in [4.69, 9.17) is 9.52 Å². The molecule has 0 aliphatic carbocycles. The molecule has 0 amide bonds. The lowest BCUT2D eigenvalue weighted by Gasteiger charge is -1.96. The number of hydrogen-bond acceptors (Lipinski definition) is 4. The standard InChI is InChI=1S/C9H6N2O4/c12-8-5(9(13)14)4-10-11-7(8)6-2-1-3-15-6/h1-4H,(H,10,12)(H,13,14). The number of rotatable bonds is 2. The van der Waals surface area contributed by atoms with E-state index in [1.807, 2.05) is 0 Å². The quantitative estimate of drug-likeness (QED) is 0.754. The molecule has 0 aromatic carbocycles. The molecule has 2 rings (SSSR count). The van der Waals surface area contributed by atoms with Gasteiger partial charge >= 0.3 is 5.97 Å². The molecule has 0 unspecified atom stereocenters. The van der Waals surface area contributed by atoms with Crippen molar-refractivity contribution < 1.29 is 14.3 Å². The van der Waals surface area contributed by atoms with Crippen LogP contribution in [0.25, 0.3) is 11.5 Å². The van der Waals surface area contributed by atoms with E-state index in [-0.39, 0.29) is 17.0 Å². The van der Waals surface area contributed by atoms with E-state index in [0.717, 1.165) is 6.20 Å². The summed E-state index contributed by atoms with van der Waals surface area (Å²) in [5.41, 5.74) is -1.08. The van der Waals surface area contributed by atoms with Crippen molar-refractivity contribution in [2.75, 3.05) is 0 Å². The maximum atomic E-state index is 11.6. The van der Waals surface area contributed by atoms with Crippen molar-refractivity contribution in [2.24, 2.45) is 0 Å². The lowest BCUT2D eigenvalue weighted by atomic mass is 10.2. The van der Waals surface area contributed by atoms with Crippen LogP contribution in [0.3, 0.4) is 0 Å². The van der Waals surface area contributed by atoms with Gasteiger partial charge in [0.1, 0.15) is 5.56 Å². The molecule has 2 aromatic rings. The number of carboxylic acids is 1. The van der Waals surface area contributed by atoms with Crippen LogP contribution in [0.5, 0.6) is 0 Å². The minimum atomic E-state index is -1.30. The van der Waals surface area contributed by atoms with Gasteiger partial charge in [-0.2, -0.15) is 5.10 Å². The van der Waals surface area contributed by atoms with Crippen molar-refractivity contribution >= 4 is 5.97 Å². The Hall–Kier alpha value is -2.37. The third-order valence-electron chi connectivity index (χ3n) is 1.83. The second kappa shape index (κ2) is 3.41. The summed E-state index contributed by atoms with van der Waals surface area (Å²) in [6, 6.07) is 3.12. The van der Waals surface area contributed by atoms with E-state index in [0.29, 0.717) is 0 Å². The van der Waals surface area contributed by atoms with Gasteiger partial charge in [-0.05, 0) is 12.1 Å². The molecule has 2 N–H and O–H groups in total. The molecule has 6 nitrogen and oxygen atoms in total. The van der Waals surface area contributed by atoms with Crippen LogP contribution in [0.2, 0.25) is 0 Å². The zero-order valence-corrected chi connectivity index (χ0v) is 7.43. The van der Waals surface area contributed by atoms with Gasteiger partial charge in [-0.1, -0.05) is 0 Å². The lowest BCUT2D eigenvalue weighted by molar-refractivity contribution is 0.0695. The Morgan fingerprint density at radius 1 is 1.53 bits per heavy atom. The largest absolute Gasteiger partial charge is 0.477 e. The highest BCUT2D eigenvalue weighted by Crippen LogP contribution is 2.12. The molecule has 2 aromatic heterocycles. The molecule has 0 bridgehead atoms. The minimum Gasteiger partial charge on any atom is -0.477 e. The highest BCUT2D eigenvalue weighted by molar-refractivity contribution is 5.88. The highest BCUT2D eigenvalue weighted by Gasteiger charge is 2.15. The molecule has 15 heavy (non-hydrogen) atoms. The number of aromatic amines is 1. The number of aromatic carboxylic acids is 1. The first-order chi connectivity index (χ1) is 7.20. The van der Waals surface area contributed by atoms with Crippen LogP contribution in [0.15, 0.2) is 33.8 Å². The van der Waals surface area contributed by atoms with Gasteiger partial charge in [0.05, 0.1) is 6.26 Å². The number of nitrogens with zero attached hydrogens (tertiary/aromatic N) is 1. The van der Waals surface area contributed by atoms with Crippen LogP contribution in [0, 0.1) is 0 Å². The van der Waals surface area contributed by atoms with Crippen molar-refractivity contribution in [3.8, 4) is 11.5 Å². The fraction of sp³-hybridized carbons (Fsp3) is 0. The molecule has 0 aliphatic rings. The molecule has 2 heterocycles. The topological polar surface area (TPSA) is 96.2 Å². The average Bonchev–Trinajstić information content (AvgIpc) is 2.70. The Labute approximate surface area is 83.2 Å². The third kappa shape index (κ3) is 1.52. The predicted octanol–water partition coefficient (Wildman–Crippen LogP) is 0.728. The first-order valence-corrected chi connectivity index (χ1v) is 4.05. The van der Waals surface area contributed by atoms with Crippen LogP contribution in [-0.4, -0.2) is 21.3 Å². The van der Waals surface area contributed by atoms with Gasteiger partial charge in [0.25, 0.3) is 0 Å². The fourth-order valence-electron chi connectivity index (χ4n) is 1.14. The third-order valence-corrected chi connectivity index (χ3v) is 1.83. The number of hydrogen-bond donors (Lipinski definition) is 2. The van der Waals surface area contributed by atoms with Crippen LogP contribution in [0.1, 0.15) is 10.4 Å². The van der Waals surface area contributed by atoms with Crippen molar-refractivity contribution in [3.05, 3.63) is 40.4 Å². The summed E-state index contributed by atoms with van der Waals surface area (Å²) >= 11 is 0. The lowest BCUT2D eigenvalue weighted by Crippen LogP contribution is -2.18. The van der Waals surface area contributed by atoms with Gasteiger partial charge in [0.15, 0.2) is 11.5 Å². The fourth-order valence-corrected chi connectivity index (χ4v) is 1.14. The number of nitrogens with one attached hydrogen (secondary N) is 1. The number of carboxylic acid groups (broad SMARTS) is 1. The van der Waals surface area contributed by atoms with Crippen LogP contribution < -0.4 is 5.43 Å². The van der Waals surface area contributed by atoms with Crippen molar-refractivity contribution in [3.63, 3.8) is 0 Å². The number of carbonyl (C=O) groups is 1. The van der Waals surface area contributed by atoms with Crippen LogP contribution in [-0.2, 0) is 0 Å². The highest BCUT2D eigenvalue weighted by atomic mass is 16.4. The molecular formula is C9H6N2O4. The Morgan fingerprint density at radius 2 is 2.33 bits per heavy atom. The maximum absolute atomic E-state index is 11.6. The normalized spacial score (nSPS) is 10.1. The minimum absolute atomic E-state index is 0.0418. The second-order valence-electron chi connectivity index (χ2n) is 2.76. The number of aromatic nitrogens is 2. The summed E-state index contributed by atoms with van der Waals surface area (Å²) in [4.78, 5) is 22.3. The Morgan fingerprint density at radius 3 is 2.93 bits per heavy atom. The Bertz CT molecular complexity index is 541. The molecule has 76 valence electrons. The predicted molar refractivity (Wildman–Crippen MR) is 49.5 cm³/mol. The number of H-pyrrole nitrogens is 1. The zero-order valence-electron chi connectivity index (χ0n) is 7.43. The molecule has 0 atom stereocenters. The molecule has 0 aliphatic heterocycles. The van der Waals surface area contributed by atoms with Gasteiger partial charge in [-0.15, -0.1) is 0 Å². The summed E-state index contributed by atoms with van der Waals surface area (Å²) < 4.78 is 4.96. The van der Waals surface area contributed by atoms with Crippen LogP contribution >= 0.6 is 0 Å². The summed E-state index contributed by atoms with van der Waals surface area (Å²) in [7, 11) is 0. The van der Waals surface area contributed by atoms with Crippen molar-refractivity contribution in [1.29, 1.82) is 0 Å². The Kier molecular flexibility index (Phi) is 2.09. The monoisotopic (exact) mass is 206 g/mol. The van der Waals surface area contributed by atoms with E-state index < -0.39 is 11.4 Å². The van der Waals surface area contributed by atoms with E-state index in [1.54, 1.807) is 6.07 Å². The SMILES string of the molecule is O=C(O)c1c[nH]nc(-c2ccco2)c1=O. The van der Waals surface area contributed by atoms with Gasteiger partial charge in [0, 0.05) is 6.20 Å². The maximum Gasteiger partial charge on any atom is 0.341 e. The molecule has 0 spiro atoms. The number of furan rings is 1. The summed E-state index contributed by atoms with van der Waals surface area (Å²) in [6.45, 7) is 0. The van der Waals surface area contributed by atoms with Gasteiger partial charge in [-0.3, -0.25) is 9.89 Å². The summed E-state index contributed by atoms with van der Waals surface area (Å²) in [6.07, 6.45) is 2.42. The van der Waals surface area contributed by atoms with Gasteiger partial charge in [0.2, 0.25) is 5.43 Å². The second-order valence-corrected chi connectivity index (χ2v) is 2.76. The zero-order chi connectivity index (χ0) is 10.8. The van der Waals surface area contributed by atoms with Crippen molar-refractivity contribution in [1.82, 2.24) is 10.2 Å². The molecule has 0 saturated heterocycles. The molecule has 0 saturated carbocycles. The molecule has 6 heteroatoms. The first-order valence-electron chi connectivity index (χ1n) is 4.05. The first kappa shape index (κ1) is 9.20. The van der Waals surface area contributed by atoms with E-state index in [2.05, 4.69) is 10.2 Å². The molecular weight excluding hydrogens is 200 g/mol. The summed E-state index contributed by atoms with van der Waals surface area (Å²) in [5, 5.41) is 14.7. The van der Waals surface area contributed by atoms with E-state index in [1.165, 1.54) is 12.3 Å². The molecule has 0 fully saturated rings. The van der Waals surface area contributed by atoms with Gasteiger partial charge < -0.3 is 9.52 Å². The molecule has 0 radical (unpaired) electrons. The smallest absolute Gasteiger partial charge is 0.341 e. The van der Waals surface area contributed by atoms with Gasteiger partial charge in [-0.25, -0.2) is 4.79 Å². The summed E-state index contributed by atoms with van der Waals surface area (Å²) in [5.74, 6) is -1.06. The Balaban J connectivity index is 2.65. The van der Waals surface area contributed by atoms with E-state index in [9.17, 15) is 9.59 Å². The van der Waals surface area contributed by atoms with Crippen molar-refractivity contribution in [2.45, 2.75) is 0 Å². The average molecular weight is 206 g/mol.